The van der Waals surface area contributed by atoms with Crippen LogP contribution in [0.1, 0.15) is 11.1 Å². The Bertz CT molecular complexity index is 411. The zero-order valence-corrected chi connectivity index (χ0v) is 7.13. The Morgan fingerprint density at radius 3 is 2.50 bits per heavy atom. The van der Waals surface area contributed by atoms with Gasteiger partial charge in [-0.25, -0.2) is 0 Å². The minimum absolute atomic E-state index is 0. The van der Waals surface area contributed by atoms with Gasteiger partial charge in [0.25, 0.3) is 10.1 Å². The van der Waals surface area contributed by atoms with E-state index in [1.807, 2.05) is 6.07 Å². The van der Waals surface area contributed by atoms with Gasteiger partial charge in [0.2, 0.25) is 0 Å². The number of rotatable bonds is 1. The molecule has 0 heterocycles. The third-order valence-corrected chi connectivity index (χ3v) is 2.69. The van der Waals surface area contributed by atoms with Crippen molar-refractivity contribution < 1.29 is 13.0 Å². The average Bonchev–Trinajstić information content (AvgIpc) is 2.60. The van der Waals surface area contributed by atoms with E-state index >= 15 is 0 Å². The first-order valence-corrected chi connectivity index (χ1v) is 4.61. The van der Waals surface area contributed by atoms with E-state index in [4.69, 9.17) is 4.55 Å². The van der Waals surface area contributed by atoms with Gasteiger partial charge in [-0.3, -0.25) is 4.55 Å². The summed E-state index contributed by atoms with van der Waals surface area (Å²) in [6.45, 7) is 0. The normalized spacial score (nSPS) is 13.1. The fourth-order valence-electron chi connectivity index (χ4n) is 1.15. The van der Waals surface area contributed by atoms with E-state index < -0.39 is 10.1 Å². The van der Waals surface area contributed by atoms with Crippen molar-refractivity contribution in [1.82, 2.24) is 6.15 Å². The molecule has 2 rings (SSSR count). The van der Waals surface area contributed by atoms with Crippen molar-refractivity contribution in [2.45, 2.75) is 11.3 Å². The molecule has 0 unspecified atom stereocenters. The van der Waals surface area contributed by atoms with Crippen LogP contribution in [0.15, 0.2) is 23.1 Å². The SMILES string of the molecule is N.O=S(=O)(O)c1cccc2c1C2. The van der Waals surface area contributed by atoms with Crippen LogP contribution in [-0.4, -0.2) is 13.0 Å². The summed E-state index contributed by atoms with van der Waals surface area (Å²) in [5.41, 5.74) is 1.77. The van der Waals surface area contributed by atoms with Crippen LogP contribution in [-0.2, 0) is 16.5 Å². The Morgan fingerprint density at radius 2 is 2.00 bits per heavy atom. The van der Waals surface area contributed by atoms with Crippen molar-refractivity contribution in [2.75, 3.05) is 0 Å². The molecule has 0 aromatic heterocycles. The van der Waals surface area contributed by atoms with E-state index in [1.165, 1.54) is 6.07 Å². The van der Waals surface area contributed by atoms with E-state index in [0.717, 1.165) is 11.1 Å². The van der Waals surface area contributed by atoms with E-state index in [1.54, 1.807) is 6.07 Å². The molecule has 0 bridgehead atoms. The van der Waals surface area contributed by atoms with Crippen LogP contribution in [0.5, 0.6) is 0 Å². The third kappa shape index (κ3) is 1.34. The summed E-state index contributed by atoms with van der Waals surface area (Å²) in [4.78, 5) is 0.0648. The zero-order chi connectivity index (χ0) is 8.06. The first-order valence-electron chi connectivity index (χ1n) is 3.17. The van der Waals surface area contributed by atoms with Crippen molar-refractivity contribution in [3.8, 4) is 0 Å². The van der Waals surface area contributed by atoms with Crippen molar-refractivity contribution in [2.24, 2.45) is 0 Å². The minimum Gasteiger partial charge on any atom is -0.344 e. The Labute approximate surface area is 70.6 Å². The van der Waals surface area contributed by atoms with E-state index in [2.05, 4.69) is 0 Å². The lowest BCUT2D eigenvalue weighted by atomic mass is 10.4. The van der Waals surface area contributed by atoms with Crippen LogP contribution in [0, 0.1) is 0 Å². The van der Waals surface area contributed by atoms with E-state index in [-0.39, 0.29) is 11.0 Å². The van der Waals surface area contributed by atoms with Gasteiger partial charge in [0, 0.05) is 0 Å². The van der Waals surface area contributed by atoms with Crippen LogP contribution in [0.25, 0.3) is 0 Å². The fraction of sp³-hybridized carbons (Fsp3) is 0.143. The van der Waals surface area contributed by atoms with Crippen LogP contribution in [0.4, 0.5) is 0 Å². The predicted octanol–water partition coefficient (Wildman–Crippen LogP) is 1.000. The molecule has 0 aliphatic heterocycles. The summed E-state index contributed by atoms with van der Waals surface area (Å²) >= 11 is 0. The molecular weight excluding hydrogens is 178 g/mol. The van der Waals surface area contributed by atoms with Gasteiger partial charge in [-0.1, -0.05) is 12.1 Å². The molecule has 4 N–H and O–H groups in total. The Morgan fingerprint density at radius 1 is 1.33 bits per heavy atom. The van der Waals surface area contributed by atoms with Gasteiger partial charge in [-0.05, 0) is 23.6 Å². The average molecular weight is 187 g/mol. The maximum Gasteiger partial charge on any atom is 0.294 e. The Hall–Kier alpha value is -0.910. The van der Waals surface area contributed by atoms with Crippen LogP contribution < -0.4 is 6.15 Å². The maximum absolute atomic E-state index is 10.6. The second-order valence-electron chi connectivity index (χ2n) is 2.55. The molecule has 0 atom stereocenters. The zero-order valence-electron chi connectivity index (χ0n) is 6.32. The Balaban J connectivity index is 0.000000720. The minimum atomic E-state index is -3.98. The molecule has 0 fully saturated rings. The number of fused-ring (bicyclic) bond motifs is 1. The number of benzene rings is 1. The van der Waals surface area contributed by atoms with Crippen LogP contribution >= 0.6 is 0 Å². The summed E-state index contributed by atoms with van der Waals surface area (Å²) < 4.78 is 30.0. The largest absolute Gasteiger partial charge is 0.344 e. The predicted molar refractivity (Wildman–Crippen MR) is 44.1 cm³/mol. The lowest BCUT2D eigenvalue weighted by molar-refractivity contribution is 0.483. The summed E-state index contributed by atoms with van der Waals surface area (Å²) in [6.07, 6.45) is 0.697. The van der Waals surface area contributed by atoms with Gasteiger partial charge in [0.05, 0.1) is 4.90 Å². The smallest absolute Gasteiger partial charge is 0.294 e. The van der Waals surface area contributed by atoms with Crippen molar-refractivity contribution in [1.29, 1.82) is 0 Å². The molecule has 0 amide bonds. The molecule has 5 heteroatoms. The highest BCUT2D eigenvalue weighted by molar-refractivity contribution is 7.85. The molecule has 1 aromatic rings. The lowest BCUT2D eigenvalue weighted by Gasteiger charge is -1.92. The van der Waals surface area contributed by atoms with E-state index in [0.29, 0.717) is 6.42 Å². The molecule has 1 aromatic carbocycles. The first kappa shape index (κ1) is 9.18. The molecule has 0 saturated carbocycles. The second-order valence-corrected chi connectivity index (χ2v) is 3.94. The molecule has 12 heavy (non-hydrogen) atoms. The molecule has 66 valence electrons. The van der Waals surface area contributed by atoms with Gasteiger partial charge >= 0.3 is 0 Å². The standard InChI is InChI=1S/C7H6O3S.H3N/c8-11(9,10)7-3-1-2-5-4-6(5)7;/h1-3H,4H2,(H,8,9,10);1H3. The van der Waals surface area contributed by atoms with Crippen molar-refractivity contribution in [3.05, 3.63) is 29.3 Å². The third-order valence-electron chi connectivity index (χ3n) is 1.75. The summed E-state index contributed by atoms with van der Waals surface area (Å²) in [5.74, 6) is 0. The highest BCUT2D eigenvalue weighted by atomic mass is 32.2. The quantitative estimate of drug-likeness (QED) is 0.652. The first-order chi connectivity index (χ1) is 5.09. The topological polar surface area (TPSA) is 89.4 Å². The summed E-state index contributed by atoms with van der Waals surface area (Å²) in [6, 6.07) is 4.90. The molecular formula is C7H9NO3S. The monoisotopic (exact) mass is 187 g/mol. The van der Waals surface area contributed by atoms with Crippen molar-refractivity contribution in [3.63, 3.8) is 0 Å². The van der Waals surface area contributed by atoms with Crippen LogP contribution in [0.2, 0.25) is 0 Å². The molecule has 0 saturated heterocycles. The number of hydrogen-bond acceptors (Lipinski definition) is 3. The Kier molecular flexibility index (Phi) is 1.95. The van der Waals surface area contributed by atoms with Gasteiger partial charge in [0.1, 0.15) is 0 Å². The van der Waals surface area contributed by atoms with Gasteiger partial charge in [0.15, 0.2) is 0 Å². The van der Waals surface area contributed by atoms with Gasteiger partial charge in [-0.2, -0.15) is 8.42 Å². The lowest BCUT2D eigenvalue weighted by Crippen LogP contribution is -1.97. The molecule has 0 spiro atoms. The molecule has 0 radical (unpaired) electrons. The molecule has 1 aliphatic carbocycles. The summed E-state index contributed by atoms with van der Waals surface area (Å²) in [7, 11) is -3.98. The molecule has 4 nitrogen and oxygen atoms in total. The number of hydrogen-bond donors (Lipinski definition) is 2. The highest BCUT2D eigenvalue weighted by Crippen LogP contribution is 2.33. The summed E-state index contributed by atoms with van der Waals surface area (Å²) in [5, 5.41) is 0. The second kappa shape index (κ2) is 2.55. The van der Waals surface area contributed by atoms with Gasteiger partial charge < -0.3 is 6.15 Å². The fourth-order valence-corrected chi connectivity index (χ4v) is 1.91. The highest BCUT2D eigenvalue weighted by Gasteiger charge is 2.26. The molecule has 1 aliphatic rings. The van der Waals surface area contributed by atoms with E-state index in [9.17, 15) is 8.42 Å². The van der Waals surface area contributed by atoms with Crippen molar-refractivity contribution >= 4 is 10.1 Å². The maximum atomic E-state index is 10.6. The van der Waals surface area contributed by atoms with Crippen LogP contribution in [0.3, 0.4) is 0 Å². The van der Waals surface area contributed by atoms with Gasteiger partial charge in [-0.15, -0.1) is 0 Å².